The first kappa shape index (κ1) is 14.2. The molecule has 0 bridgehead atoms. The highest BCUT2D eigenvalue weighted by molar-refractivity contribution is 7.07. The van der Waals surface area contributed by atoms with Gasteiger partial charge in [-0.1, -0.05) is 19.1 Å². The van der Waals surface area contributed by atoms with Crippen LogP contribution >= 0.6 is 11.3 Å². The molecule has 21 heavy (non-hydrogen) atoms. The molecule has 0 radical (unpaired) electrons. The third-order valence-corrected chi connectivity index (χ3v) is 4.42. The van der Waals surface area contributed by atoms with Gasteiger partial charge in [-0.15, -0.1) is 0 Å². The summed E-state index contributed by atoms with van der Waals surface area (Å²) in [6, 6.07) is 13.3. The molecular weight excluding hydrogens is 276 g/mol. The Morgan fingerprint density at radius 3 is 3.00 bits per heavy atom. The van der Waals surface area contributed by atoms with Crippen molar-refractivity contribution in [2.24, 2.45) is 0 Å². The molecule has 1 unspecified atom stereocenters. The minimum atomic E-state index is 0.365. The summed E-state index contributed by atoms with van der Waals surface area (Å²) in [4.78, 5) is 4.40. The van der Waals surface area contributed by atoms with Gasteiger partial charge in [0.25, 0.3) is 0 Å². The van der Waals surface area contributed by atoms with Crippen LogP contribution in [0.2, 0.25) is 0 Å². The second-order valence-electron chi connectivity index (χ2n) is 5.30. The van der Waals surface area contributed by atoms with Crippen LogP contribution in [-0.2, 0) is 6.42 Å². The van der Waals surface area contributed by atoms with Crippen LogP contribution in [0.4, 0.5) is 0 Å². The van der Waals surface area contributed by atoms with Crippen molar-refractivity contribution >= 4 is 22.2 Å². The van der Waals surface area contributed by atoms with Gasteiger partial charge in [0.1, 0.15) is 0 Å². The molecule has 3 heteroatoms. The van der Waals surface area contributed by atoms with E-state index in [4.69, 9.17) is 0 Å². The molecule has 0 aliphatic carbocycles. The average Bonchev–Trinajstić information content (AvgIpc) is 3.04. The highest BCUT2D eigenvalue weighted by Crippen LogP contribution is 2.23. The maximum Gasteiger partial charge on any atom is 0.0702 e. The van der Waals surface area contributed by atoms with Crippen molar-refractivity contribution in [3.63, 3.8) is 0 Å². The van der Waals surface area contributed by atoms with Gasteiger partial charge in [0.15, 0.2) is 0 Å². The zero-order valence-electron chi connectivity index (χ0n) is 12.3. The summed E-state index contributed by atoms with van der Waals surface area (Å²) in [7, 11) is 0. The molecule has 108 valence electrons. The van der Waals surface area contributed by atoms with E-state index in [1.165, 1.54) is 16.5 Å². The Balaban J connectivity index is 1.89. The summed E-state index contributed by atoms with van der Waals surface area (Å²) in [6.07, 6.45) is 4.03. The van der Waals surface area contributed by atoms with E-state index in [0.29, 0.717) is 6.04 Å². The Hall–Kier alpha value is -1.71. The fraction of sp³-hybridized carbons (Fsp3) is 0.278. The molecule has 3 rings (SSSR count). The number of pyridine rings is 1. The maximum absolute atomic E-state index is 4.40. The summed E-state index contributed by atoms with van der Waals surface area (Å²) >= 11 is 1.77. The molecule has 0 fully saturated rings. The van der Waals surface area contributed by atoms with Crippen molar-refractivity contribution in [3.8, 4) is 0 Å². The van der Waals surface area contributed by atoms with E-state index in [9.17, 15) is 0 Å². The molecule has 0 amide bonds. The molecule has 3 aromatic rings. The second-order valence-corrected chi connectivity index (χ2v) is 6.08. The molecule has 1 aromatic carbocycles. The van der Waals surface area contributed by atoms with E-state index in [-0.39, 0.29) is 0 Å². The Labute approximate surface area is 129 Å². The predicted octanol–water partition coefficient (Wildman–Crippen LogP) is 4.58. The summed E-state index contributed by atoms with van der Waals surface area (Å²) in [5, 5.41) is 9.27. The highest BCUT2D eigenvalue weighted by Gasteiger charge is 2.12. The number of nitrogens with zero attached hydrogens (tertiary/aromatic N) is 1. The summed E-state index contributed by atoms with van der Waals surface area (Å²) < 4.78 is 0. The van der Waals surface area contributed by atoms with Crippen molar-refractivity contribution in [1.82, 2.24) is 10.3 Å². The summed E-state index contributed by atoms with van der Waals surface area (Å²) in [5.74, 6) is 0. The normalized spacial score (nSPS) is 12.6. The zero-order chi connectivity index (χ0) is 14.5. The predicted molar refractivity (Wildman–Crippen MR) is 90.8 cm³/mol. The molecule has 0 spiro atoms. The highest BCUT2D eigenvalue weighted by atomic mass is 32.1. The van der Waals surface area contributed by atoms with Crippen molar-refractivity contribution in [1.29, 1.82) is 0 Å². The van der Waals surface area contributed by atoms with Gasteiger partial charge in [0.05, 0.1) is 5.52 Å². The van der Waals surface area contributed by atoms with Crippen LogP contribution < -0.4 is 5.32 Å². The Kier molecular flexibility index (Phi) is 4.63. The lowest BCUT2D eigenvalue weighted by Crippen LogP contribution is -2.23. The molecule has 1 atom stereocenters. The second kappa shape index (κ2) is 6.83. The Morgan fingerprint density at radius 1 is 1.24 bits per heavy atom. The third kappa shape index (κ3) is 3.49. The summed E-state index contributed by atoms with van der Waals surface area (Å²) in [5.41, 5.74) is 3.81. The number of nitrogens with one attached hydrogen (secondary N) is 1. The van der Waals surface area contributed by atoms with Crippen LogP contribution in [0.15, 0.2) is 53.4 Å². The molecule has 2 nitrogen and oxygen atoms in total. The summed E-state index contributed by atoms with van der Waals surface area (Å²) in [6.45, 7) is 3.25. The van der Waals surface area contributed by atoms with Crippen LogP contribution in [0, 0.1) is 0 Å². The molecule has 0 saturated heterocycles. The van der Waals surface area contributed by atoms with E-state index in [2.05, 4.69) is 58.3 Å². The van der Waals surface area contributed by atoms with Crippen LogP contribution in [0.3, 0.4) is 0 Å². The molecule has 2 heterocycles. The Morgan fingerprint density at radius 2 is 2.19 bits per heavy atom. The van der Waals surface area contributed by atoms with E-state index >= 15 is 0 Å². The lowest BCUT2D eigenvalue weighted by atomic mass is 9.98. The van der Waals surface area contributed by atoms with Gasteiger partial charge in [-0.2, -0.15) is 11.3 Å². The SMILES string of the molecule is CCCNC(Cc1ccsc1)c1ccc2ncccc2c1. The fourth-order valence-electron chi connectivity index (χ4n) is 2.58. The number of rotatable bonds is 6. The lowest BCUT2D eigenvalue weighted by Gasteiger charge is -2.19. The molecule has 0 saturated carbocycles. The smallest absolute Gasteiger partial charge is 0.0702 e. The lowest BCUT2D eigenvalue weighted by molar-refractivity contribution is 0.530. The van der Waals surface area contributed by atoms with Gasteiger partial charge in [-0.25, -0.2) is 0 Å². The van der Waals surface area contributed by atoms with Gasteiger partial charge in [-0.05, 0) is 65.5 Å². The first-order chi connectivity index (χ1) is 10.4. The topological polar surface area (TPSA) is 24.9 Å². The monoisotopic (exact) mass is 296 g/mol. The van der Waals surface area contributed by atoms with Crippen molar-refractivity contribution in [2.75, 3.05) is 6.54 Å². The fourth-order valence-corrected chi connectivity index (χ4v) is 3.26. The molecule has 1 N–H and O–H groups in total. The first-order valence-electron chi connectivity index (χ1n) is 7.46. The minimum Gasteiger partial charge on any atom is -0.310 e. The minimum absolute atomic E-state index is 0.365. The van der Waals surface area contributed by atoms with Crippen LogP contribution in [0.5, 0.6) is 0 Å². The molecule has 0 aliphatic heterocycles. The number of benzene rings is 1. The third-order valence-electron chi connectivity index (χ3n) is 3.69. The number of hydrogen-bond donors (Lipinski definition) is 1. The number of fused-ring (bicyclic) bond motifs is 1. The number of thiophene rings is 1. The first-order valence-corrected chi connectivity index (χ1v) is 8.40. The van der Waals surface area contributed by atoms with E-state index in [1.807, 2.05) is 12.3 Å². The molecule has 0 aliphatic rings. The Bertz CT molecular complexity index is 691. The van der Waals surface area contributed by atoms with Crippen LogP contribution in [0.1, 0.15) is 30.5 Å². The largest absolute Gasteiger partial charge is 0.310 e. The van der Waals surface area contributed by atoms with Gasteiger partial charge < -0.3 is 5.32 Å². The molecular formula is C18H20N2S. The number of aromatic nitrogens is 1. The van der Waals surface area contributed by atoms with E-state index < -0.39 is 0 Å². The van der Waals surface area contributed by atoms with E-state index in [0.717, 1.165) is 24.9 Å². The van der Waals surface area contributed by atoms with Gasteiger partial charge in [-0.3, -0.25) is 4.98 Å². The average molecular weight is 296 g/mol. The quantitative estimate of drug-likeness (QED) is 0.720. The van der Waals surface area contributed by atoms with Crippen molar-refractivity contribution in [2.45, 2.75) is 25.8 Å². The van der Waals surface area contributed by atoms with Crippen LogP contribution in [-0.4, -0.2) is 11.5 Å². The standard InChI is InChI=1S/C18H20N2S/c1-2-8-19-18(11-14-7-10-21-13-14)16-5-6-17-15(12-16)4-3-9-20-17/h3-7,9-10,12-13,18-19H,2,8,11H2,1H3. The number of hydrogen-bond acceptors (Lipinski definition) is 3. The molecule has 2 aromatic heterocycles. The van der Waals surface area contributed by atoms with Gasteiger partial charge in [0.2, 0.25) is 0 Å². The van der Waals surface area contributed by atoms with Crippen LogP contribution in [0.25, 0.3) is 10.9 Å². The van der Waals surface area contributed by atoms with Crippen molar-refractivity contribution in [3.05, 3.63) is 64.5 Å². The van der Waals surface area contributed by atoms with Gasteiger partial charge >= 0.3 is 0 Å². The van der Waals surface area contributed by atoms with Gasteiger partial charge in [0, 0.05) is 17.6 Å². The zero-order valence-corrected chi connectivity index (χ0v) is 13.1. The van der Waals surface area contributed by atoms with E-state index in [1.54, 1.807) is 11.3 Å². The van der Waals surface area contributed by atoms with Crippen molar-refractivity contribution < 1.29 is 0 Å². The maximum atomic E-state index is 4.40.